The minimum Gasteiger partial charge on any atom is -0.508 e. The highest BCUT2D eigenvalue weighted by Crippen LogP contribution is 2.13. The van der Waals surface area contributed by atoms with E-state index in [-0.39, 0.29) is 11.5 Å². The third kappa shape index (κ3) is 5.56. The van der Waals surface area contributed by atoms with E-state index in [0.717, 1.165) is 6.42 Å². The zero-order chi connectivity index (χ0) is 9.40. The molecule has 1 aromatic carbocycles. The first kappa shape index (κ1) is 10.8. The second-order valence-corrected chi connectivity index (χ2v) is 2.24. The Labute approximate surface area is 71.9 Å². The van der Waals surface area contributed by atoms with Crippen molar-refractivity contribution in [2.45, 2.75) is 13.3 Å². The maximum atomic E-state index is 8.65. The van der Waals surface area contributed by atoms with Gasteiger partial charge in [0.2, 0.25) is 0 Å². The number of rotatable bonds is 1. The molecule has 0 aliphatic heterocycles. The summed E-state index contributed by atoms with van der Waals surface area (Å²) in [5.74, 6) is 0.339. The van der Waals surface area contributed by atoms with Crippen LogP contribution in [0.5, 0.6) is 11.5 Å². The van der Waals surface area contributed by atoms with Crippen LogP contribution in [0.25, 0.3) is 0 Å². The van der Waals surface area contributed by atoms with Crippen molar-refractivity contribution >= 4 is 0 Å². The maximum absolute atomic E-state index is 8.65. The minimum atomic E-state index is 0.169. The average molecular weight is 170 g/mol. The molecule has 0 spiro atoms. The van der Waals surface area contributed by atoms with E-state index < -0.39 is 0 Å². The van der Waals surface area contributed by atoms with E-state index in [1.807, 2.05) is 6.92 Å². The second kappa shape index (κ2) is 6.49. The Hall–Kier alpha value is -1.22. The van der Waals surface area contributed by atoms with Gasteiger partial charge in [-0.1, -0.05) is 6.92 Å². The van der Waals surface area contributed by atoms with E-state index in [9.17, 15) is 0 Å². The lowest BCUT2D eigenvalue weighted by Gasteiger charge is -1.88. The predicted octanol–water partition coefficient (Wildman–Crippen LogP) is 1.49. The van der Waals surface area contributed by atoms with Crippen molar-refractivity contribution < 1.29 is 15.3 Å². The second-order valence-electron chi connectivity index (χ2n) is 2.24. The van der Waals surface area contributed by atoms with Crippen LogP contribution < -0.4 is 0 Å². The molecule has 3 nitrogen and oxygen atoms in total. The van der Waals surface area contributed by atoms with Crippen LogP contribution in [0.4, 0.5) is 0 Å². The van der Waals surface area contributed by atoms with Gasteiger partial charge >= 0.3 is 0 Å². The van der Waals surface area contributed by atoms with Gasteiger partial charge in [-0.15, -0.1) is 0 Å². The number of aliphatic hydroxyl groups is 1. The van der Waals surface area contributed by atoms with Gasteiger partial charge in [-0.2, -0.15) is 0 Å². The molecule has 3 heteroatoms. The van der Waals surface area contributed by atoms with Gasteiger partial charge in [0.1, 0.15) is 11.5 Å². The first-order valence-electron chi connectivity index (χ1n) is 3.79. The monoisotopic (exact) mass is 170 g/mol. The van der Waals surface area contributed by atoms with E-state index in [1.165, 1.54) is 24.3 Å². The smallest absolute Gasteiger partial charge is 0.115 e. The molecule has 0 atom stereocenters. The van der Waals surface area contributed by atoms with Crippen LogP contribution in [0.15, 0.2) is 24.3 Å². The molecule has 3 N–H and O–H groups in total. The summed E-state index contributed by atoms with van der Waals surface area (Å²) in [5.41, 5.74) is 0. The predicted molar refractivity (Wildman–Crippen MR) is 47.1 cm³/mol. The first-order valence-corrected chi connectivity index (χ1v) is 3.79. The van der Waals surface area contributed by atoms with Crippen molar-refractivity contribution in [3.8, 4) is 11.5 Å². The molecule has 0 amide bonds. The Bertz CT molecular complexity index is 170. The molecule has 0 aromatic heterocycles. The Kier molecular flexibility index (Phi) is 5.83. The van der Waals surface area contributed by atoms with Crippen LogP contribution in [-0.2, 0) is 0 Å². The van der Waals surface area contributed by atoms with Gasteiger partial charge < -0.3 is 15.3 Å². The molecule has 0 unspecified atom stereocenters. The highest BCUT2D eigenvalue weighted by Gasteiger charge is 1.84. The number of hydrogen-bond acceptors (Lipinski definition) is 3. The largest absolute Gasteiger partial charge is 0.508 e. The molecule has 0 bridgehead atoms. The summed E-state index contributed by atoms with van der Waals surface area (Å²) in [6, 6.07) is 5.70. The van der Waals surface area contributed by atoms with E-state index in [1.54, 1.807) is 0 Å². The fourth-order valence-electron chi connectivity index (χ4n) is 0.453. The SMILES string of the molecule is CCCO.Oc1ccc(O)cc1. The quantitative estimate of drug-likeness (QED) is 0.559. The molecule has 0 saturated heterocycles. The van der Waals surface area contributed by atoms with E-state index >= 15 is 0 Å². The topological polar surface area (TPSA) is 60.7 Å². The first-order chi connectivity index (χ1) is 5.70. The molecule has 0 saturated carbocycles. The van der Waals surface area contributed by atoms with Gasteiger partial charge in [-0.05, 0) is 30.7 Å². The van der Waals surface area contributed by atoms with Crippen LogP contribution in [0, 0.1) is 0 Å². The third-order valence-electron chi connectivity index (χ3n) is 1.07. The summed E-state index contributed by atoms with van der Waals surface area (Å²) in [4.78, 5) is 0. The lowest BCUT2D eigenvalue weighted by molar-refractivity contribution is 0.295. The Morgan fingerprint density at radius 3 is 1.42 bits per heavy atom. The number of hydrogen-bond donors (Lipinski definition) is 3. The van der Waals surface area contributed by atoms with Crippen molar-refractivity contribution in [3.63, 3.8) is 0 Å². The molecule has 0 heterocycles. The van der Waals surface area contributed by atoms with Gasteiger partial charge in [0.25, 0.3) is 0 Å². The summed E-state index contributed by atoms with van der Waals surface area (Å²) in [6.45, 7) is 2.25. The maximum Gasteiger partial charge on any atom is 0.115 e. The average Bonchev–Trinajstić information content (AvgIpc) is 2.11. The van der Waals surface area contributed by atoms with E-state index in [4.69, 9.17) is 15.3 Å². The number of phenols is 2. The summed E-state index contributed by atoms with van der Waals surface area (Å²) >= 11 is 0. The number of aliphatic hydroxyl groups excluding tert-OH is 1. The van der Waals surface area contributed by atoms with Crippen LogP contribution in [-0.4, -0.2) is 21.9 Å². The van der Waals surface area contributed by atoms with Crippen molar-refractivity contribution in [1.29, 1.82) is 0 Å². The highest BCUT2D eigenvalue weighted by atomic mass is 16.3. The lowest BCUT2D eigenvalue weighted by Crippen LogP contribution is -1.69. The van der Waals surface area contributed by atoms with E-state index in [2.05, 4.69) is 0 Å². The number of aromatic hydroxyl groups is 2. The van der Waals surface area contributed by atoms with Gasteiger partial charge in [0.15, 0.2) is 0 Å². The van der Waals surface area contributed by atoms with Crippen LogP contribution in [0.2, 0.25) is 0 Å². The van der Waals surface area contributed by atoms with Gasteiger partial charge in [0, 0.05) is 6.61 Å². The Balaban J connectivity index is 0.000000261. The van der Waals surface area contributed by atoms with Crippen LogP contribution in [0.3, 0.4) is 0 Å². The van der Waals surface area contributed by atoms with Crippen LogP contribution in [0.1, 0.15) is 13.3 Å². The van der Waals surface area contributed by atoms with Gasteiger partial charge in [-0.25, -0.2) is 0 Å². The summed E-state index contributed by atoms with van der Waals surface area (Å²) in [6.07, 6.45) is 0.875. The van der Waals surface area contributed by atoms with Gasteiger partial charge in [0.05, 0.1) is 0 Å². The Morgan fingerprint density at radius 2 is 1.25 bits per heavy atom. The molecule has 12 heavy (non-hydrogen) atoms. The van der Waals surface area contributed by atoms with E-state index in [0.29, 0.717) is 6.61 Å². The normalized spacial score (nSPS) is 8.50. The molecule has 1 aromatic rings. The standard InChI is InChI=1S/C6H6O2.C3H8O/c7-5-1-2-6(8)4-3-5;1-2-3-4/h1-4,7-8H;4H,2-3H2,1H3. The molecular formula is C9H14O3. The van der Waals surface area contributed by atoms with Crippen LogP contribution >= 0.6 is 0 Å². The molecule has 68 valence electrons. The zero-order valence-electron chi connectivity index (χ0n) is 7.07. The molecular weight excluding hydrogens is 156 g/mol. The summed E-state index contributed by atoms with van der Waals surface area (Å²) in [5, 5.41) is 25.2. The number of phenolic OH excluding ortho intramolecular Hbond substituents is 2. The highest BCUT2D eigenvalue weighted by molar-refractivity contribution is 5.28. The van der Waals surface area contributed by atoms with Crippen molar-refractivity contribution in [2.75, 3.05) is 6.61 Å². The molecule has 1 rings (SSSR count). The van der Waals surface area contributed by atoms with Crippen molar-refractivity contribution in [2.24, 2.45) is 0 Å². The van der Waals surface area contributed by atoms with Crippen molar-refractivity contribution in [1.82, 2.24) is 0 Å². The Morgan fingerprint density at radius 1 is 1.00 bits per heavy atom. The van der Waals surface area contributed by atoms with Crippen molar-refractivity contribution in [3.05, 3.63) is 24.3 Å². The molecule has 0 fully saturated rings. The fraction of sp³-hybridized carbons (Fsp3) is 0.333. The third-order valence-corrected chi connectivity index (χ3v) is 1.07. The minimum absolute atomic E-state index is 0.169. The molecule has 0 aliphatic rings. The summed E-state index contributed by atoms with van der Waals surface area (Å²) < 4.78 is 0. The molecule has 0 aliphatic carbocycles. The molecule has 0 radical (unpaired) electrons. The zero-order valence-corrected chi connectivity index (χ0v) is 7.07. The summed E-state index contributed by atoms with van der Waals surface area (Å²) in [7, 11) is 0. The fourth-order valence-corrected chi connectivity index (χ4v) is 0.453. The number of benzene rings is 1. The van der Waals surface area contributed by atoms with Gasteiger partial charge in [-0.3, -0.25) is 0 Å². The lowest BCUT2D eigenvalue weighted by atomic mass is 10.3.